The zero-order valence-corrected chi connectivity index (χ0v) is 12.3. The van der Waals surface area contributed by atoms with E-state index in [1.165, 1.54) is 11.4 Å². The van der Waals surface area contributed by atoms with E-state index in [1.54, 1.807) is 0 Å². The topological polar surface area (TPSA) is 29.5 Å². The molecule has 0 bridgehead atoms. The Labute approximate surface area is 108 Å². The van der Waals surface area contributed by atoms with Crippen molar-refractivity contribution in [3.8, 4) is 5.75 Å². The Bertz CT molecular complexity index is 368. The van der Waals surface area contributed by atoms with Crippen molar-refractivity contribution in [3.05, 3.63) is 30.3 Å². The quantitative estimate of drug-likeness (QED) is 0.694. The van der Waals surface area contributed by atoms with Gasteiger partial charge in [-0.3, -0.25) is 0 Å². The Kier molecular flexibility index (Phi) is 6.10. The highest BCUT2D eigenvalue weighted by atomic mass is 32.7. The van der Waals surface area contributed by atoms with Gasteiger partial charge >= 0.3 is 6.72 Å². The number of nitrogens with zero attached hydrogens (tertiary/aromatic N) is 1. The molecule has 96 valence electrons. The lowest BCUT2D eigenvalue weighted by Gasteiger charge is -2.28. The van der Waals surface area contributed by atoms with E-state index in [4.69, 9.17) is 4.52 Å². The van der Waals surface area contributed by atoms with E-state index in [1.807, 2.05) is 55.8 Å². The molecule has 1 aromatic carbocycles. The van der Waals surface area contributed by atoms with Gasteiger partial charge in [-0.05, 0) is 23.5 Å². The third-order valence-electron chi connectivity index (χ3n) is 2.33. The van der Waals surface area contributed by atoms with Crippen LogP contribution in [0.15, 0.2) is 30.3 Å². The summed E-state index contributed by atoms with van der Waals surface area (Å²) in [6.45, 7) is 4.65. The molecule has 1 unspecified atom stereocenters. The van der Waals surface area contributed by atoms with Crippen molar-refractivity contribution >= 4 is 18.1 Å². The zero-order valence-electron chi connectivity index (χ0n) is 10.6. The molecule has 1 atom stereocenters. The lowest BCUT2D eigenvalue weighted by atomic mass is 10.3. The monoisotopic (exact) mass is 273 g/mol. The average molecular weight is 273 g/mol. The fourth-order valence-electron chi connectivity index (χ4n) is 1.51. The Morgan fingerprint density at radius 1 is 1.18 bits per heavy atom. The van der Waals surface area contributed by atoms with Crippen LogP contribution < -0.4 is 4.52 Å². The molecule has 1 rings (SSSR count). The molecule has 0 aliphatic carbocycles. The predicted molar refractivity (Wildman–Crippen MR) is 75.7 cm³/mol. The standard InChI is InChI=1S/C12H20NO2PS/c1-4-13(5-2)16(14,17-6-3)15-12-10-8-7-9-11-12/h7-11H,4-6H2,1-3H3. The molecule has 0 aromatic heterocycles. The van der Waals surface area contributed by atoms with Crippen LogP contribution in [0.2, 0.25) is 0 Å². The molecule has 17 heavy (non-hydrogen) atoms. The van der Waals surface area contributed by atoms with Crippen LogP contribution in [-0.4, -0.2) is 23.5 Å². The highest BCUT2D eigenvalue weighted by molar-refractivity contribution is 8.55. The van der Waals surface area contributed by atoms with Crippen LogP contribution in [0, 0.1) is 0 Å². The average Bonchev–Trinajstić information content (AvgIpc) is 2.31. The zero-order chi connectivity index (χ0) is 12.7. The second kappa shape index (κ2) is 7.10. The summed E-state index contributed by atoms with van der Waals surface area (Å²) in [6, 6.07) is 9.37. The summed E-state index contributed by atoms with van der Waals surface area (Å²) in [6.07, 6.45) is 0. The van der Waals surface area contributed by atoms with E-state index in [-0.39, 0.29) is 0 Å². The maximum atomic E-state index is 12.8. The summed E-state index contributed by atoms with van der Waals surface area (Å²) in [5.41, 5.74) is 0. The Balaban J connectivity index is 2.88. The number of hydrogen-bond acceptors (Lipinski definition) is 3. The molecule has 0 aliphatic rings. The smallest absolute Gasteiger partial charge is 0.376 e. The predicted octanol–water partition coefficient (Wildman–Crippen LogP) is 4.27. The molecule has 5 heteroatoms. The fraction of sp³-hybridized carbons (Fsp3) is 0.500. The molecule has 0 saturated heterocycles. The van der Waals surface area contributed by atoms with E-state index >= 15 is 0 Å². The largest absolute Gasteiger partial charge is 0.425 e. The summed E-state index contributed by atoms with van der Waals surface area (Å²) in [5, 5.41) is 0. The van der Waals surface area contributed by atoms with E-state index in [0.717, 1.165) is 18.8 Å². The molecule has 0 spiro atoms. The van der Waals surface area contributed by atoms with Gasteiger partial charge in [-0.15, -0.1) is 0 Å². The number of benzene rings is 1. The molecule has 1 aromatic rings. The van der Waals surface area contributed by atoms with E-state index in [2.05, 4.69) is 0 Å². The lowest BCUT2D eigenvalue weighted by molar-refractivity contribution is 0.389. The maximum absolute atomic E-state index is 12.8. The second-order valence-corrected chi connectivity index (χ2v) is 8.11. The van der Waals surface area contributed by atoms with Crippen LogP contribution in [-0.2, 0) is 4.57 Å². The van der Waals surface area contributed by atoms with Crippen molar-refractivity contribution in [1.82, 2.24) is 4.67 Å². The van der Waals surface area contributed by atoms with Crippen molar-refractivity contribution in [1.29, 1.82) is 0 Å². The second-order valence-electron chi connectivity index (χ2n) is 3.43. The van der Waals surface area contributed by atoms with Gasteiger partial charge in [-0.2, -0.15) is 0 Å². The van der Waals surface area contributed by atoms with Gasteiger partial charge in [-0.25, -0.2) is 9.24 Å². The third-order valence-corrected chi connectivity index (χ3v) is 7.29. The van der Waals surface area contributed by atoms with Crippen LogP contribution in [0.4, 0.5) is 0 Å². The van der Waals surface area contributed by atoms with Gasteiger partial charge in [0.05, 0.1) is 0 Å². The molecule has 0 N–H and O–H groups in total. The fourth-order valence-corrected chi connectivity index (χ4v) is 5.83. The molecular formula is C12H20NO2PS. The summed E-state index contributed by atoms with van der Waals surface area (Å²) in [4.78, 5) is 0. The highest BCUT2D eigenvalue weighted by Gasteiger charge is 2.31. The first-order valence-corrected chi connectivity index (χ1v) is 9.07. The number of rotatable bonds is 7. The van der Waals surface area contributed by atoms with Crippen LogP contribution in [0.3, 0.4) is 0 Å². The summed E-state index contributed by atoms with van der Waals surface area (Å²) in [7, 11) is 0. The van der Waals surface area contributed by atoms with Gasteiger partial charge in [-0.1, -0.05) is 39.0 Å². The first kappa shape index (κ1) is 14.6. The van der Waals surface area contributed by atoms with Gasteiger partial charge in [0.1, 0.15) is 5.75 Å². The van der Waals surface area contributed by atoms with Crippen molar-refractivity contribution in [2.75, 3.05) is 18.8 Å². The summed E-state index contributed by atoms with van der Waals surface area (Å²) < 4.78 is 20.4. The molecule has 0 radical (unpaired) electrons. The minimum Gasteiger partial charge on any atom is -0.425 e. The van der Waals surface area contributed by atoms with Crippen LogP contribution >= 0.6 is 18.1 Å². The number of hydrogen-bond donors (Lipinski definition) is 0. The van der Waals surface area contributed by atoms with Crippen molar-refractivity contribution in [2.45, 2.75) is 20.8 Å². The highest BCUT2D eigenvalue weighted by Crippen LogP contribution is 2.61. The van der Waals surface area contributed by atoms with Crippen molar-refractivity contribution in [2.24, 2.45) is 0 Å². The van der Waals surface area contributed by atoms with Gasteiger partial charge in [0.2, 0.25) is 0 Å². The molecule has 0 aliphatic heterocycles. The molecular weight excluding hydrogens is 253 g/mol. The van der Waals surface area contributed by atoms with Gasteiger partial charge in [0, 0.05) is 18.8 Å². The van der Waals surface area contributed by atoms with E-state index in [0.29, 0.717) is 5.75 Å². The maximum Gasteiger partial charge on any atom is 0.376 e. The molecule has 0 amide bonds. The van der Waals surface area contributed by atoms with Gasteiger partial charge < -0.3 is 4.52 Å². The molecule has 0 fully saturated rings. The van der Waals surface area contributed by atoms with Gasteiger partial charge in [0.25, 0.3) is 0 Å². The Morgan fingerprint density at radius 3 is 2.24 bits per heavy atom. The van der Waals surface area contributed by atoms with Gasteiger partial charge in [0.15, 0.2) is 0 Å². The lowest BCUT2D eigenvalue weighted by Crippen LogP contribution is -2.21. The van der Waals surface area contributed by atoms with Crippen molar-refractivity contribution in [3.63, 3.8) is 0 Å². The minimum atomic E-state index is -2.80. The van der Waals surface area contributed by atoms with Crippen LogP contribution in [0.25, 0.3) is 0 Å². The minimum absolute atomic E-state index is 0.670. The Hall–Kier alpha value is -0.440. The van der Waals surface area contributed by atoms with Crippen LogP contribution in [0.1, 0.15) is 20.8 Å². The van der Waals surface area contributed by atoms with Crippen LogP contribution in [0.5, 0.6) is 5.75 Å². The Morgan fingerprint density at radius 2 is 1.76 bits per heavy atom. The molecule has 0 saturated carbocycles. The molecule has 3 nitrogen and oxygen atoms in total. The van der Waals surface area contributed by atoms with E-state index < -0.39 is 6.72 Å². The van der Waals surface area contributed by atoms with E-state index in [9.17, 15) is 4.57 Å². The first-order chi connectivity index (χ1) is 8.16. The normalized spacial score (nSPS) is 14.6. The third kappa shape index (κ3) is 4.06. The first-order valence-electron chi connectivity index (χ1n) is 5.90. The summed E-state index contributed by atoms with van der Waals surface area (Å²) in [5.74, 6) is 1.45. The molecule has 0 heterocycles. The number of para-hydroxylation sites is 1. The van der Waals surface area contributed by atoms with Crippen molar-refractivity contribution < 1.29 is 9.09 Å². The SMILES string of the molecule is CCSP(=O)(Oc1ccccc1)N(CC)CC. The summed E-state index contributed by atoms with van der Waals surface area (Å²) >= 11 is 1.39.